The van der Waals surface area contributed by atoms with Crippen molar-refractivity contribution in [2.24, 2.45) is 17.8 Å². The second-order valence-corrected chi connectivity index (χ2v) is 6.71. The lowest BCUT2D eigenvalue weighted by Gasteiger charge is -2.26. The van der Waals surface area contributed by atoms with Crippen molar-refractivity contribution in [2.75, 3.05) is 24.6 Å². The Hall–Kier alpha value is -0.380. The van der Waals surface area contributed by atoms with E-state index in [1.54, 1.807) is 0 Å². The molecule has 1 saturated heterocycles. The molecule has 0 bridgehead atoms. The van der Waals surface area contributed by atoms with Gasteiger partial charge in [-0.2, -0.15) is 0 Å². The molecule has 0 spiro atoms. The molecule has 0 aromatic carbocycles. The summed E-state index contributed by atoms with van der Waals surface area (Å²) >= 11 is 0. The van der Waals surface area contributed by atoms with Crippen LogP contribution in [0.2, 0.25) is 0 Å². The third-order valence-electron chi connectivity index (χ3n) is 3.87. The van der Waals surface area contributed by atoms with Gasteiger partial charge in [-0.05, 0) is 31.1 Å². The highest BCUT2D eigenvalue weighted by Crippen LogP contribution is 2.54. The summed E-state index contributed by atoms with van der Waals surface area (Å²) in [6.45, 7) is 1.44. The Morgan fingerprint density at radius 3 is 2.47 bits per heavy atom. The van der Waals surface area contributed by atoms with Crippen LogP contribution in [0, 0.1) is 17.8 Å². The average Bonchev–Trinajstić information content (AvgIpc) is 3.09. The van der Waals surface area contributed by atoms with Gasteiger partial charge in [0, 0.05) is 41.3 Å². The minimum atomic E-state index is -0.669. The first-order valence-electron chi connectivity index (χ1n) is 5.89. The van der Waals surface area contributed by atoms with E-state index in [1.807, 2.05) is 4.90 Å². The molecule has 3 fully saturated rings. The molecule has 15 heavy (non-hydrogen) atoms. The Bertz CT molecular complexity index is 304. The molecule has 2 atom stereocenters. The maximum absolute atomic E-state index is 12.0. The molecule has 1 aliphatic heterocycles. The van der Waals surface area contributed by atoms with E-state index in [9.17, 15) is 9.00 Å². The molecule has 1 amide bonds. The van der Waals surface area contributed by atoms with Crippen LogP contribution in [0.15, 0.2) is 0 Å². The van der Waals surface area contributed by atoms with Gasteiger partial charge in [0.1, 0.15) is 0 Å². The molecule has 0 aromatic rings. The van der Waals surface area contributed by atoms with Crippen molar-refractivity contribution in [1.29, 1.82) is 0 Å². The van der Waals surface area contributed by atoms with E-state index in [2.05, 4.69) is 0 Å². The standard InChI is InChI=1S/C11H17NO2S/c13-11(10-7-9(10)8-1-2-8)12-3-5-15(14)6-4-12/h8-10H,1-7H2/t9-,10+/m1/s1. The summed E-state index contributed by atoms with van der Waals surface area (Å²) in [7, 11) is -0.669. The van der Waals surface area contributed by atoms with Gasteiger partial charge in [0.25, 0.3) is 0 Å². The van der Waals surface area contributed by atoms with Gasteiger partial charge in [-0.3, -0.25) is 9.00 Å². The summed E-state index contributed by atoms with van der Waals surface area (Å²) in [5, 5.41) is 0. The van der Waals surface area contributed by atoms with Crippen LogP contribution < -0.4 is 0 Å². The number of amides is 1. The Morgan fingerprint density at radius 1 is 1.20 bits per heavy atom. The highest BCUT2D eigenvalue weighted by Gasteiger charge is 2.52. The molecule has 3 rings (SSSR count). The van der Waals surface area contributed by atoms with Crippen molar-refractivity contribution in [3.63, 3.8) is 0 Å². The van der Waals surface area contributed by atoms with Gasteiger partial charge in [0.2, 0.25) is 5.91 Å². The van der Waals surface area contributed by atoms with Crippen LogP contribution in [0.3, 0.4) is 0 Å². The lowest BCUT2D eigenvalue weighted by atomic mass is 10.2. The highest BCUT2D eigenvalue weighted by atomic mass is 32.2. The molecule has 0 unspecified atom stereocenters. The zero-order valence-corrected chi connectivity index (χ0v) is 9.67. The maximum Gasteiger partial charge on any atom is 0.226 e. The first-order valence-corrected chi connectivity index (χ1v) is 7.38. The summed E-state index contributed by atoms with van der Waals surface area (Å²) in [4.78, 5) is 14.0. The monoisotopic (exact) mass is 227 g/mol. The SMILES string of the molecule is O=C([C@H]1C[C@@H]1C1CC1)N1CCS(=O)CC1. The van der Waals surface area contributed by atoms with Gasteiger partial charge in [0.05, 0.1) is 0 Å². The minimum absolute atomic E-state index is 0.337. The zero-order chi connectivity index (χ0) is 10.4. The summed E-state index contributed by atoms with van der Waals surface area (Å²) in [6.07, 6.45) is 3.82. The van der Waals surface area contributed by atoms with Crippen molar-refractivity contribution in [3.8, 4) is 0 Å². The average molecular weight is 227 g/mol. The van der Waals surface area contributed by atoms with Crippen molar-refractivity contribution in [1.82, 2.24) is 4.90 Å². The van der Waals surface area contributed by atoms with Gasteiger partial charge in [-0.25, -0.2) is 0 Å². The molecule has 1 heterocycles. The lowest BCUT2D eigenvalue weighted by Crippen LogP contribution is -2.42. The molecule has 4 heteroatoms. The first kappa shape index (κ1) is 9.82. The Morgan fingerprint density at radius 2 is 1.87 bits per heavy atom. The van der Waals surface area contributed by atoms with Crippen LogP contribution in [0.1, 0.15) is 19.3 Å². The third kappa shape index (κ3) is 1.96. The smallest absolute Gasteiger partial charge is 0.226 e. The fourth-order valence-electron chi connectivity index (χ4n) is 2.64. The third-order valence-corrected chi connectivity index (χ3v) is 5.15. The summed E-state index contributed by atoms with van der Waals surface area (Å²) in [6, 6.07) is 0. The van der Waals surface area contributed by atoms with Crippen LogP contribution in [0.25, 0.3) is 0 Å². The van der Waals surface area contributed by atoms with E-state index in [4.69, 9.17) is 0 Å². The molecular weight excluding hydrogens is 210 g/mol. The molecule has 0 aromatic heterocycles. The van der Waals surface area contributed by atoms with Gasteiger partial charge < -0.3 is 4.90 Å². The molecule has 3 aliphatic rings. The van der Waals surface area contributed by atoms with E-state index >= 15 is 0 Å². The molecule has 2 aliphatic carbocycles. The molecular formula is C11H17NO2S. The largest absolute Gasteiger partial charge is 0.341 e. The van der Waals surface area contributed by atoms with Gasteiger partial charge in [-0.1, -0.05) is 0 Å². The number of rotatable bonds is 2. The zero-order valence-electron chi connectivity index (χ0n) is 8.85. The van der Waals surface area contributed by atoms with Crippen molar-refractivity contribution >= 4 is 16.7 Å². The van der Waals surface area contributed by atoms with E-state index in [1.165, 1.54) is 12.8 Å². The van der Waals surface area contributed by atoms with Crippen LogP contribution in [0.5, 0.6) is 0 Å². The van der Waals surface area contributed by atoms with Crippen LogP contribution in [-0.2, 0) is 15.6 Å². The number of hydrogen-bond acceptors (Lipinski definition) is 2. The van der Waals surface area contributed by atoms with Crippen LogP contribution >= 0.6 is 0 Å². The van der Waals surface area contributed by atoms with Crippen molar-refractivity contribution in [3.05, 3.63) is 0 Å². The molecule has 2 saturated carbocycles. The quantitative estimate of drug-likeness (QED) is 0.693. The van der Waals surface area contributed by atoms with E-state index in [-0.39, 0.29) is 0 Å². The van der Waals surface area contributed by atoms with Crippen molar-refractivity contribution < 1.29 is 9.00 Å². The molecule has 0 N–H and O–H groups in total. The fraction of sp³-hybridized carbons (Fsp3) is 0.909. The number of carbonyl (C=O) groups is 1. The van der Waals surface area contributed by atoms with E-state index < -0.39 is 10.8 Å². The van der Waals surface area contributed by atoms with Gasteiger partial charge in [-0.15, -0.1) is 0 Å². The lowest BCUT2D eigenvalue weighted by molar-refractivity contribution is -0.132. The Balaban J connectivity index is 1.54. The predicted molar refractivity (Wildman–Crippen MR) is 58.8 cm³/mol. The molecule has 0 radical (unpaired) electrons. The Labute approximate surface area is 92.7 Å². The second kappa shape index (κ2) is 3.58. The first-order chi connectivity index (χ1) is 7.25. The number of hydrogen-bond donors (Lipinski definition) is 0. The van der Waals surface area contributed by atoms with Crippen LogP contribution in [0.4, 0.5) is 0 Å². The van der Waals surface area contributed by atoms with Crippen LogP contribution in [-0.4, -0.2) is 39.6 Å². The predicted octanol–water partition coefficient (Wildman–Crippen LogP) is 0.623. The highest BCUT2D eigenvalue weighted by molar-refractivity contribution is 7.85. The normalized spacial score (nSPS) is 36.7. The topological polar surface area (TPSA) is 37.4 Å². The van der Waals surface area contributed by atoms with Gasteiger partial charge >= 0.3 is 0 Å². The summed E-state index contributed by atoms with van der Waals surface area (Å²) < 4.78 is 11.2. The fourth-order valence-corrected chi connectivity index (χ4v) is 3.69. The summed E-state index contributed by atoms with van der Waals surface area (Å²) in [5.74, 6) is 3.65. The number of nitrogens with zero attached hydrogens (tertiary/aromatic N) is 1. The van der Waals surface area contributed by atoms with Gasteiger partial charge in [0.15, 0.2) is 0 Å². The van der Waals surface area contributed by atoms with Crippen molar-refractivity contribution in [2.45, 2.75) is 19.3 Å². The maximum atomic E-state index is 12.0. The second-order valence-electron chi connectivity index (χ2n) is 5.02. The minimum Gasteiger partial charge on any atom is -0.341 e. The Kier molecular flexibility index (Phi) is 2.34. The van der Waals surface area contributed by atoms with E-state index in [0.29, 0.717) is 29.2 Å². The number of carbonyl (C=O) groups excluding carboxylic acids is 1. The summed E-state index contributed by atoms with van der Waals surface area (Å²) in [5.41, 5.74) is 0. The molecule has 84 valence electrons. The molecule has 3 nitrogen and oxygen atoms in total. The van der Waals surface area contributed by atoms with E-state index in [0.717, 1.165) is 25.4 Å².